The van der Waals surface area contributed by atoms with Gasteiger partial charge in [0.25, 0.3) is 0 Å². The van der Waals surface area contributed by atoms with Crippen LogP contribution in [0.3, 0.4) is 0 Å². The Morgan fingerprint density at radius 3 is 2.86 bits per heavy atom. The van der Waals surface area contributed by atoms with Crippen molar-refractivity contribution in [1.82, 2.24) is 14.7 Å². The van der Waals surface area contributed by atoms with Gasteiger partial charge in [0.15, 0.2) is 0 Å². The molecule has 0 aromatic carbocycles. The smallest absolute Gasteiger partial charge is 0.0764 e. The molecule has 1 aliphatic heterocycles. The lowest BCUT2D eigenvalue weighted by Gasteiger charge is -2.30. The molecule has 116 valence electrons. The lowest BCUT2D eigenvalue weighted by atomic mass is 9.96. The van der Waals surface area contributed by atoms with E-state index in [1.165, 1.54) is 32.1 Å². The molecule has 2 fully saturated rings. The predicted octanol–water partition coefficient (Wildman–Crippen LogP) is 3.06. The van der Waals surface area contributed by atoms with Gasteiger partial charge in [-0.05, 0) is 18.9 Å². The van der Waals surface area contributed by atoms with E-state index in [0.29, 0.717) is 12.0 Å². The second-order valence-corrected chi connectivity index (χ2v) is 6.56. The van der Waals surface area contributed by atoms with E-state index in [9.17, 15) is 0 Å². The second kappa shape index (κ2) is 6.60. The third-order valence-corrected chi connectivity index (χ3v) is 4.91. The highest BCUT2D eigenvalue weighted by Crippen LogP contribution is 2.27. The zero-order valence-corrected chi connectivity index (χ0v) is 12.9. The molecular weight excluding hydrogens is 264 g/mol. The Bertz CT molecular complexity index is 490. The molecule has 0 spiro atoms. The quantitative estimate of drug-likeness (QED) is 0.687. The van der Waals surface area contributed by atoms with E-state index in [1.54, 1.807) is 0 Å². The minimum Gasteiger partial charge on any atom is -0.411 e. The predicted molar refractivity (Wildman–Crippen MR) is 82.6 cm³/mol. The summed E-state index contributed by atoms with van der Waals surface area (Å²) in [6, 6.07) is 2.77. The molecule has 3 rings (SSSR count). The van der Waals surface area contributed by atoms with Crippen molar-refractivity contribution >= 4 is 5.71 Å². The number of likely N-dealkylation sites (tertiary alicyclic amines) is 1. The number of nitrogens with zero attached hydrogens (tertiary/aromatic N) is 4. The Labute approximate surface area is 126 Å². The van der Waals surface area contributed by atoms with Crippen molar-refractivity contribution in [3.05, 3.63) is 18.0 Å². The molecule has 5 nitrogen and oxygen atoms in total. The summed E-state index contributed by atoms with van der Waals surface area (Å²) in [5.74, 6) is 0.337. The third kappa shape index (κ3) is 3.46. The summed E-state index contributed by atoms with van der Waals surface area (Å²) in [6.45, 7) is 4.94. The molecule has 0 radical (unpaired) electrons. The summed E-state index contributed by atoms with van der Waals surface area (Å²) in [5, 5.41) is 17.1. The van der Waals surface area contributed by atoms with Gasteiger partial charge in [-0.2, -0.15) is 5.10 Å². The zero-order chi connectivity index (χ0) is 14.7. The molecule has 2 aliphatic rings. The summed E-state index contributed by atoms with van der Waals surface area (Å²) in [5.41, 5.74) is 2.09. The molecule has 1 saturated carbocycles. The Hall–Kier alpha value is -1.36. The average molecular weight is 290 g/mol. The maximum atomic E-state index is 8.94. The van der Waals surface area contributed by atoms with E-state index in [4.69, 9.17) is 10.3 Å². The first-order valence-corrected chi connectivity index (χ1v) is 8.23. The fourth-order valence-corrected chi connectivity index (χ4v) is 3.63. The van der Waals surface area contributed by atoms with E-state index in [0.717, 1.165) is 37.5 Å². The molecule has 1 aromatic rings. The first-order chi connectivity index (χ1) is 10.3. The minimum atomic E-state index is 0.337. The highest BCUT2D eigenvalue weighted by atomic mass is 16.4. The number of oxime groups is 1. The Morgan fingerprint density at radius 2 is 2.14 bits per heavy atom. The van der Waals surface area contributed by atoms with Crippen molar-refractivity contribution in [2.24, 2.45) is 11.1 Å². The molecule has 1 unspecified atom stereocenters. The molecule has 0 bridgehead atoms. The first-order valence-electron chi connectivity index (χ1n) is 8.23. The molecule has 5 heteroatoms. The van der Waals surface area contributed by atoms with E-state index in [2.05, 4.69) is 33.9 Å². The second-order valence-electron chi connectivity index (χ2n) is 6.56. The van der Waals surface area contributed by atoms with Crippen LogP contribution in [0.15, 0.2) is 17.4 Å². The van der Waals surface area contributed by atoms with Crippen LogP contribution in [0.2, 0.25) is 0 Å². The van der Waals surface area contributed by atoms with Gasteiger partial charge in [0.1, 0.15) is 0 Å². The van der Waals surface area contributed by atoms with Crippen molar-refractivity contribution in [2.45, 2.75) is 58.0 Å². The monoisotopic (exact) mass is 290 g/mol. The molecule has 2 heterocycles. The van der Waals surface area contributed by atoms with Gasteiger partial charge in [0.05, 0.1) is 17.4 Å². The Balaban J connectivity index is 1.57. The van der Waals surface area contributed by atoms with E-state index in [1.807, 2.05) is 0 Å². The average Bonchev–Trinajstić information content (AvgIpc) is 2.97. The maximum absolute atomic E-state index is 8.94. The standard InChI is InChI=1S/C16H26N4O/c1-13-11-19(9-8-16(13)18-21)12-14-7-10-20(17-14)15-5-3-2-4-6-15/h7,10,13,15,21H,2-6,8-9,11-12H2,1H3/b18-16+. The van der Waals surface area contributed by atoms with E-state index >= 15 is 0 Å². The van der Waals surface area contributed by atoms with E-state index < -0.39 is 0 Å². The van der Waals surface area contributed by atoms with Crippen molar-refractivity contribution in [3.63, 3.8) is 0 Å². The summed E-state index contributed by atoms with van der Waals surface area (Å²) >= 11 is 0. The number of piperidine rings is 1. The van der Waals surface area contributed by atoms with Crippen LogP contribution in [0, 0.1) is 5.92 Å². The molecule has 21 heavy (non-hydrogen) atoms. The van der Waals surface area contributed by atoms with Crippen LogP contribution in [0.25, 0.3) is 0 Å². The van der Waals surface area contributed by atoms with Crippen LogP contribution in [0.1, 0.15) is 57.2 Å². The summed E-state index contributed by atoms with van der Waals surface area (Å²) < 4.78 is 2.18. The molecule has 1 aliphatic carbocycles. The SMILES string of the molecule is CC1CN(Cc2ccn(C3CCCCC3)n2)CC/C1=N\O. The van der Waals surface area contributed by atoms with Crippen LogP contribution < -0.4 is 0 Å². The molecular formula is C16H26N4O. The van der Waals surface area contributed by atoms with Crippen LogP contribution in [-0.2, 0) is 6.54 Å². The fraction of sp³-hybridized carbons (Fsp3) is 0.750. The van der Waals surface area contributed by atoms with Gasteiger partial charge >= 0.3 is 0 Å². The molecule has 0 amide bonds. The van der Waals surface area contributed by atoms with Gasteiger partial charge in [-0.25, -0.2) is 0 Å². The van der Waals surface area contributed by atoms with Gasteiger partial charge in [0.2, 0.25) is 0 Å². The largest absolute Gasteiger partial charge is 0.411 e. The minimum absolute atomic E-state index is 0.337. The van der Waals surface area contributed by atoms with Gasteiger partial charge in [-0.15, -0.1) is 0 Å². The summed E-state index contributed by atoms with van der Waals surface area (Å²) in [6.07, 6.45) is 9.63. The van der Waals surface area contributed by atoms with Crippen LogP contribution in [-0.4, -0.2) is 38.7 Å². The highest BCUT2D eigenvalue weighted by molar-refractivity contribution is 5.86. The van der Waals surface area contributed by atoms with Gasteiger partial charge in [0, 0.05) is 38.2 Å². The Kier molecular flexibility index (Phi) is 4.58. The lowest BCUT2D eigenvalue weighted by molar-refractivity contribution is 0.224. The van der Waals surface area contributed by atoms with Crippen molar-refractivity contribution < 1.29 is 5.21 Å². The molecule has 1 aromatic heterocycles. The number of hydrogen-bond acceptors (Lipinski definition) is 4. The zero-order valence-electron chi connectivity index (χ0n) is 12.9. The Morgan fingerprint density at radius 1 is 1.33 bits per heavy atom. The number of aromatic nitrogens is 2. The van der Waals surface area contributed by atoms with Gasteiger partial charge in [-0.3, -0.25) is 9.58 Å². The fourth-order valence-electron chi connectivity index (χ4n) is 3.63. The van der Waals surface area contributed by atoms with Gasteiger partial charge in [-0.1, -0.05) is 31.3 Å². The lowest BCUT2D eigenvalue weighted by Crippen LogP contribution is -2.39. The maximum Gasteiger partial charge on any atom is 0.0764 e. The van der Waals surface area contributed by atoms with Gasteiger partial charge < -0.3 is 5.21 Å². The summed E-state index contributed by atoms with van der Waals surface area (Å²) in [7, 11) is 0. The molecule has 1 atom stereocenters. The summed E-state index contributed by atoms with van der Waals surface area (Å²) in [4.78, 5) is 2.41. The van der Waals surface area contributed by atoms with E-state index in [-0.39, 0.29) is 0 Å². The normalized spacial score (nSPS) is 27.3. The highest BCUT2D eigenvalue weighted by Gasteiger charge is 2.23. The first kappa shape index (κ1) is 14.6. The molecule has 1 N–H and O–H groups in total. The third-order valence-electron chi connectivity index (χ3n) is 4.91. The van der Waals surface area contributed by atoms with Crippen LogP contribution in [0.5, 0.6) is 0 Å². The van der Waals surface area contributed by atoms with Crippen LogP contribution in [0.4, 0.5) is 0 Å². The number of rotatable bonds is 3. The van der Waals surface area contributed by atoms with Crippen molar-refractivity contribution in [2.75, 3.05) is 13.1 Å². The number of hydrogen-bond donors (Lipinski definition) is 1. The van der Waals surface area contributed by atoms with Crippen molar-refractivity contribution in [1.29, 1.82) is 0 Å². The topological polar surface area (TPSA) is 53.7 Å². The van der Waals surface area contributed by atoms with Crippen molar-refractivity contribution in [3.8, 4) is 0 Å². The molecule has 1 saturated heterocycles. The van der Waals surface area contributed by atoms with Crippen LogP contribution >= 0.6 is 0 Å².